The van der Waals surface area contributed by atoms with E-state index in [1.807, 2.05) is 0 Å². The van der Waals surface area contributed by atoms with E-state index in [4.69, 9.17) is 4.74 Å². The van der Waals surface area contributed by atoms with E-state index in [0.717, 1.165) is 35.2 Å². The molecule has 180 valence electrons. The minimum atomic E-state index is -4.77. The quantitative estimate of drug-likeness (QED) is 0.226. The molecule has 3 rings (SSSR count). The summed E-state index contributed by atoms with van der Waals surface area (Å²) in [6.07, 6.45) is -4.77. The van der Waals surface area contributed by atoms with Gasteiger partial charge < -0.3 is 20.1 Å². The fraction of sp³-hybridized carbons (Fsp3) is 0.211. The molecule has 2 N–H and O–H groups in total. The summed E-state index contributed by atoms with van der Waals surface area (Å²) in [4.78, 5) is 22.8. The first-order valence-electron chi connectivity index (χ1n) is 9.26. The molecule has 2 aromatic carbocycles. The van der Waals surface area contributed by atoms with Gasteiger partial charge >= 0.3 is 12.0 Å². The standard InChI is InChI=1S/C19H16F3N5O5S2/c1-10-7-14(27(29)30)15(31-2)8-13(10)24-16(28)9-33-18-26-25-17(34-18)23-11-3-5-12(6-4-11)32-19(20,21)22/h3-8H,9H2,1-2H3,(H,23,25)(H,24,28). The zero-order valence-electron chi connectivity index (χ0n) is 17.5. The maximum Gasteiger partial charge on any atom is 0.573 e. The number of alkyl halides is 3. The Morgan fingerprint density at radius 1 is 1.24 bits per heavy atom. The number of nitrogens with one attached hydrogen (secondary N) is 2. The lowest BCUT2D eigenvalue weighted by molar-refractivity contribution is -0.385. The Morgan fingerprint density at radius 3 is 2.56 bits per heavy atom. The van der Waals surface area contributed by atoms with Gasteiger partial charge in [-0.05, 0) is 36.8 Å². The van der Waals surface area contributed by atoms with Gasteiger partial charge in [0.1, 0.15) is 5.75 Å². The summed E-state index contributed by atoms with van der Waals surface area (Å²) in [6, 6.07) is 7.80. The van der Waals surface area contributed by atoms with Crippen LogP contribution in [-0.2, 0) is 4.79 Å². The average molecular weight is 515 g/mol. The van der Waals surface area contributed by atoms with E-state index < -0.39 is 11.3 Å². The second-order valence-corrected chi connectivity index (χ2v) is 8.70. The summed E-state index contributed by atoms with van der Waals surface area (Å²) in [5, 5.41) is 24.9. The predicted octanol–water partition coefficient (Wildman–Crippen LogP) is 5.14. The van der Waals surface area contributed by atoms with Crippen molar-refractivity contribution in [1.82, 2.24) is 10.2 Å². The van der Waals surface area contributed by atoms with E-state index in [1.54, 1.807) is 6.92 Å². The number of ether oxygens (including phenoxy) is 2. The lowest BCUT2D eigenvalue weighted by Crippen LogP contribution is -2.16. The van der Waals surface area contributed by atoms with Crippen LogP contribution in [0.3, 0.4) is 0 Å². The first-order valence-corrected chi connectivity index (χ1v) is 11.1. The Hall–Kier alpha value is -3.59. The molecule has 0 aliphatic heterocycles. The fourth-order valence-corrected chi connectivity index (χ4v) is 4.18. The van der Waals surface area contributed by atoms with Gasteiger partial charge in [0.05, 0.1) is 17.8 Å². The van der Waals surface area contributed by atoms with E-state index in [2.05, 4.69) is 25.6 Å². The molecule has 0 saturated heterocycles. The SMILES string of the molecule is COc1cc(NC(=O)CSc2nnc(Nc3ccc(OC(F)(F)F)cc3)s2)c(C)cc1[N+](=O)[O-]. The maximum absolute atomic E-state index is 12.3. The highest BCUT2D eigenvalue weighted by molar-refractivity contribution is 8.01. The number of carbonyl (C=O) groups is 1. The van der Waals surface area contributed by atoms with Crippen LogP contribution in [0.2, 0.25) is 0 Å². The Bertz CT molecular complexity index is 1190. The number of hydrogen-bond donors (Lipinski definition) is 2. The molecule has 0 fully saturated rings. The number of aryl methyl sites for hydroxylation is 1. The molecule has 0 unspecified atom stereocenters. The highest BCUT2D eigenvalue weighted by Crippen LogP contribution is 2.33. The van der Waals surface area contributed by atoms with Crippen molar-refractivity contribution < 1.29 is 32.4 Å². The van der Waals surface area contributed by atoms with Crippen molar-refractivity contribution in [2.24, 2.45) is 0 Å². The third kappa shape index (κ3) is 6.95. The largest absolute Gasteiger partial charge is 0.573 e. The molecular formula is C19H16F3N5O5S2. The zero-order valence-corrected chi connectivity index (χ0v) is 19.1. The van der Waals surface area contributed by atoms with Crippen LogP contribution >= 0.6 is 23.1 Å². The number of methoxy groups -OCH3 is 1. The number of aromatic nitrogens is 2. The van der Waals surface area contributed by atoms with Gasteiger partial charge in [0.25, 0.3) is 0 Å². The fourth-order valence-electron chi connectivity index (χ4n) is 2.61. The van der Waals surface area contributed by atoms with Crippen LogP contribution in [0.15, 0.2) is 40.7 Å². The van der Waals surface area contributed by atoms with Gasteiger partial charge in [0, 0.05) is 23.5 Å². The van der Waals surface area contributed by atoms with Crippen LogP contribution < -0.4 is 20.1 Å². The van der Waals surface area contributed by atoms with E-state index in [-0.39, 0.29) is 28.8 Å². The van der Waals surface area contributed by atoms with Crippen molar-refractivity contribution in [2.75, 3.05) is 23.5 Å². The van der Waals surface area contributed by atoms with Crippen LogP contribution in [0.1, 0.15) is 5.56 Å². The number of amides is 1. The Labute approximate surface area is 198 Å². The van der Waals surface area contributed by atoms with Crippen molar-refractivity contribution in [3.05, 3.63) is 52.1 Å². The summed E-state index contributed by atoms with van der Waals surface area (Å²) < 4.78 is 46.0. The Morgan fingerprint density at radius 2 is 1.94 bits per heavy atom. The molecule has 0 bridgehead atoms. The Balaban J connectivity index is 1.55. The number of thioether (sulfide) groups is 1. The molecule has 0 aliphatic carbocycles. The molecule has 0 aliphatic rings. The van der Waals surface area contributed by atoms with Crippen LogP contribution in [-0.4, -0.2) is 40.3 Å². The second kappa shape index (κ2) is 10.6. The lowest BCUT2D eigenvalue weighted by Gasteiger charge is -2.10. The van der Waals surface area contributed by atoms with Crippen molar-refractivity contribution >= 4 is 51.2 Å². The van der Waals surface area contributed by atoms with Gasteiger partial charge in [0.2, 0.25) is 11.0 Å². The average Bonchev–Trinajstić information content (AvgIpc) is 3.21. The van der Waals surface area contributed by atoms with Gasteiger partial charge in [-0.25, -0.2) is 0 Å². The van der Waals surface area contributed by atoms with Crippen LogP contribution in [0.25, 0.3) is 0 Å². The van der Waals surface area contributed by atoms with E-state index in [0.29, 0.717) is 26.4 Å². The van der Waals surface area contributed by atoms with E-state index >= 15 is 0 Å². The van der Waals surface area contributed by atoms with E-state index in [1.165, 1.54) is 31.4 Å². The first kappa shape index (κ1) is 25.0. The second-order valence-electron chi connectivity index (χ2n) is 6.50. The molecule has 1 amide bonds. The number of anilines is 3. The van der Waals surface area contributed by atoms with Crippen LogP contribution in [0, 0.1) is 17.0 Å². The van der Waals surface area contributed by atoms with Crippen molar-refractivity contribution in [2.45, 2.75) is 17.6 Å². The molecule has 10 nitrogen and oxygen atoms in total. The minimum Gasteiger partial charge on any atom is -0.490 e. The molecule has 1 aromatic heterocycles. The monoisotopic (exact) mass is 515 g/mol. The molecular weight excluding hydrogens is 499 g/mol. The topological polar surface area (TPSA) is 129 Å². The molecule has 0 spiro atoms. The number of hydrogen-bond acceptors (Lipinski definition) is 10. The number of nitro groups is 1. The van der Waals surface area contributed by atoms with Crippen molar-refractivity contribution in [3.63, 3.8) is 0 Å². The minimum absolute atomic E-state index is 0.00312. The molecule has 0 radical (unpaired) electrons. The van der Waals surface area contributed by atoms with E-state index in [9.17, 15) is 28.1 Å². The van der Waals surface area contributed by atoms with Gasteiger partial charge in [-0.15, -0.1) is 23.4 Å². The highest BCUT2D eigenvalue weighted by Gasteiger charge is 2.31. The van der Waals surface area contributed by atoms with Crippen LogP contribution in [0.4, 0.5) is 35.4 Å². The lowest BCUT2D eigenvalue weighted by atomic mass is 10.1. The smallest absolute Gasteiger partial charge is 0.490 e. The number of benzene rings is 2. The summed E-state index contributed by atoms with van der Waals surface area (Å²) in [6.45, 7) is 1.62. The maximum atomic E-state index is 12.3. The van der Waals surface area contributed by atoms with Gasteiger partial charge in [-0.2, -0.15) is 0 Å². The molecule has 0 saturated carbocycles. The third-order valence-electron chi connectivity index (χ3n) is 4.07. The highest BCUT2D eigenvalue weighted by atomic mass is 32.2. The molecule has 34 heavy (non-hydrogen) atoms. The summed E-state index contributed by atoms with van der Waals surface area (Å²) >= 11 is 2.27. The summed E-state index contributed by atoms with van der Waals surface area (Å²) in [5.41, 5.74) is 1.15. The first-order chi connectivity index (χ1) is 16.0. The van der Waals surface area contributed by atoms with Crippen molar-refractivity contribution in [3.8, 4) is 11.5 Å². The summed E-state index contributed by atoms with van der Waals surface area (Å²) in [5.74, 6) is -0.694. The third-order valence-corrected chi connectivity index (χ3v) is 6.04. The van der Waals surface area contributed by atoms with Gasteiger partial charge in [0.15, 0.2) is 10.1 Å². The number of halogens is 3. The number of nitro benzene ring substituents is 1. The van der Waals surface area contributed by atoms with Gasteiger partial charge in [-0.1, -0.05) is 23.1 Å². The molecule has 3 aromatic rings. The molecule has 1 heterocycles. The number of nitrogens with zero attached hydrogens (tertiary/aromatic N) is 3. The molecule has 15 heteroatoms. The van der Waals surface area contributed by atoms with Crippen molar-refractivity contribution in [1.29, 1.82) is 0 Å². The number of carbonyl (C=O) groups excluding carboxylic acids is 1. The van der Waals surface area contributed by atoms with Crippen LogP contribution in [0.5, 0.6) is 11.5 Å². The number of rotatable bonds is 9. The molecule has 0 atom stereocenters. The normalized spacial score (nSPS) is 11.1. The predicted molar refractivity (Wildman–Crippen MR) is 120 cm³/mol. The Kier molecular flexibility index (Phi) is 7.78. The zero-order chi connectivity index (χ0) is 24.9. The van der Waals surface area contributed by atoms with Gasteiger partial charge in [-0.3, -0.25) is 14.9 Å². The summed E-state index contributed by atoms with van der Waals surface area (Å²) in [7, 11) is 1.30.